The van der Waals surface area contributed by atoms with Gasteiger partial charge in [-0.2, -0.15) is 0 Å². The first-order valence-corrected chi connectivity index (χ1v) is 10.3. The number of hydrogen-bond acceptors (Lipinski definition) is 5. The molecule has 2 amide bonds. The van der Waals surface area contributed by atoms with Gasteiger partial charge in [0.2, 0.25) is 5.91 Å². The van der Waals surface area contributed by atoms with Crippen molar-refractivity contribution in [3.63, 3.8) is 0 Å². The Morgan fingerprint density at radius 2 is 1.76 bits per heavy atom. The van der Waals surface area contributed by atoms with Crippen molar-refractivity contribution < 1.29 is 18.0 Å². The van der Waals surface area contributed by atoms with E-state index in [4.69, 9.17) is 0 Å². The highest BCUT2D eigenvalue weighted by molar-refractivity contribution is 7.91. The Hall–Kier alpha value is -1.93. The summed E-state index contributed by atoms with van der Waals surface area (Å²) in [5.41, 5.74) is 0.677. The summed E-state index contributed by atoms with van der Waals surface area (Å²) in [4.78, 5) is 28.3. The van der Waals surface area contributed by atoms with Gasteiger partial charge >= 0.3 is 0 Å². The number of benzene rings is 1. The number of rotatable bonds is 4. The zero-order valence-electron chi connectivity index (χ0n) is 14.1. The molecule has 0 aromatic heterocycles. The van der Waals surface area contributed by atoms with Crippen molar-refractivity contribution in [3.05, 3.63) is 35.9 Å². The minimum atomic E-state index is -2.99. The van der Waals surface area contributed by atoms with Gasteiger partial charge in [-0.25, -0.2) is 8.42 Å². The van der Waals surface area contributed by atoms with E-state index in [9.17, 15) is 18.0 Å². The van der Waals surface area contributed by atoms with Crippen LogP contribution in [0.2, 0.25) is 0 Å². The predicted octanol–water partition coefficient (Wildman–Crippen LogP) is -0.252. The average Bonchev–Trinajstić information content (AvgIpc) is 2.94. The third-order valence-electron chi connectivity index (χ3n) is 4.65. The van der Waals surface area contributed by atoms with Gasteiger partial charge in [0.05, 0.1) is 18.1 Å². The van der Waals surface area contributed by atoms with Gasteiger partial charge in [0.25, 0.3) is 5.91 Å². The molecule has 1 atom stereocenters. The molecule has 2 aliphatic rings. The van der Waals surface area contributed by atoms with Crippen LogP contribution < -0.4 is 5.32 Å². The minimum absolute atomic E-state index is 0.0147. The number of carbonyl (C=O) groups excluding carboxylic acids is 2. The molecule has 136 valence electrons. The Labute approximate surface area is 147 Å². The monoisotopic (exact) mass is 365 g/mol. The van der Waals surface area contributed by atoms with Crippen LogP contribution in [0.25, 0.3) is 0 Å². The van der Waals surface area contributed by atoms with E-state index in [1.165, 1.54) is 0 Å². The third kappa shape index (κ3) is 4.79. The van der Waals surface area contributed by atoms with Crippen LogP contribution in [0.3, 0.4) is 0 Å². The van der Waals surface area contributed by atoms with E-state index < -0.39 is 9.84 Å². The van der Waals surface area contributed by atoms with E-state index in [-0.39, 0.29) is 35.9 Å². The summed E-state index contributed by atoms with van der Waals surface area (Å²) in [5.74, 6) is 0.0573. The van der Waals surface area contributed by atoms with Gasteiger partial charge in [0.15, 0.2) is 9.84 Å². The zero-order valence-corrected chi connectivity index (χ0v) is 14.9. The lowest BCUT2D eigenvalue weighted by Crippen LogP contribution is -2.52. The molecule has 0 aliphatic carbocycles. The van der Waals surface area contributed by atoms with Crippen LogP contribution in [0.4, 0.5) is 0 Å². The molecule has 0 saturated carbocycles. The molecule has 0 spiro atoms. The molecule has 7 nitrogen and oxygen atoms in total. The molecule has 3 rings (SSSR count). The van der Waals surface area contributed by atoms with E-state index >= 15 is 0 Å². The van der Waals surface area contributed by atoms with Crippen LogP contribution in [0.15, 0.2) is 30.3 Å². The second-order valence-corrected chi connectivity index (χ2v) is 8.83. The van der Waals surface area contributed by atoms with Crippen molar-refractivity contribution in [2.45, 2.75) is 12.5 Å². The molecule has 2 saturated heterocycles. The number of nitrogens with one attached hydrogen (secondary N) is 1. The van der Waals surface area contributed by atoms with Crippen LogP contribution >= 0.6 is 0 Å². The van der Waals surface area contributed by atoms with Gasteiger partial charge in [-0.3, -0.25) is 14.5 Å². The fourth-order valence-corrected chi connectivity index (χ4v) is 4.93. The Kier molecular flexibility index (Phi) is 5.39. The van der Waals surface area contributed by atoms with E-state index in [1.54, 1.807) is 17.0 Å². The summed E-state index contributed by atoms with van der Waals surface area (Å²) in [7, 11) is -2.99. The van der Waals surface area contributed by atoms with Crippen molar-refractivity contribution in [1.29, 1.82) is 0 Å². The fourth-order valence-electron chi connectivity index (χ4n) is 3.26. The van der Waals surface area contributed by atoms with Crippen molar-refractivity contribution in [2.75, 3.05) is 44.2 Å². The molecular weight excluding hydrogens is 342 g/mol. The first kappa shape index (κ1) is 17.9. The SMILES string of the molecule is O=C(CN1CCN(C(=O)c2ccccc2)CC1)NC1CCS(=O)(=O)C1. The maximum Gasteiger partial charge on any atom is 0.253 e. The molecule has 0 radical (unpaired) electrons. The molecule has 2 fully saturated rings. The fraction of sp³-hybridized carbons (Fsp3) is 0.529. The first-order valence-electron chi connectivity index (χ1n) is 8.49. The van der Waals surface area contributed by atoms with Crippen LogP contribution in [0.5, 0.6) is 0 Å². The number of hydrogen-bond donors (Lipinski definition) is 1. The maximum atomic E-state index is 12.4. The summed E-state index contributed by atoms with van der Waals surface area (Å²) in [6.45, 7) is 2.67. The molecule has 0 bridgehead atoms. The average molecular weight is 365 g/mol. The summed E-state index contributed by atoms with van der Waals surface area (Å²) < 4.78 is 22.9. The lowest BCUT2D eigenvalue weighted by atomic mass is 10.2. The van der Waals surface area contributed by atoms with Crippen molar-refractivity contribution >= 4 is 21.7 Å². The molecule has 1 aromatic carbocycles. The lowest BCUT2D eigenvalue weighted by Gasteiger charge is -2.34. The predicted molar refractivity (Wildman–Crippen MR) is 94.0 cm³/mol. The van der Waals surface area contributed by atoms with Crippen LogP contribution in [-0.2, 0) is 14.6 Å². The van der Waals surface area contributed by atoms with Crippen molar-refractivity contribution in [2.24, 2.45) is 0 Å². The molecular formula is C17H23N3O4S. The number of amides is 2. The Morgan fingerprint density at radius 1 is 1.08 bits per heavy atom. The van der Waals surface area contributed by atoms with E-state index in [0.29, 0.717) is 38.2 Å². The molecule has 2 aliphatic heterocycles. The standard InChI is InChI=1S/C17H23N3O4S/c21-16(18-15-6-11-25(23,24)13-15)12-19-7-9-20(10-8-19)17(22)14-4-2-1-3-5-14/h1-5,15H,6-13H2,(H,18,21). The van der Waals surface area contributed by atoms with Crippen LogP contribution in [0, 0.1) is 0 Å². The largest absolute Gasteiger partial charge is 0.351 e. The van der Waals surface area contributed by atoms with Crippen molar-refractivity contribution in [3.8, 4) is 0 Å². The summed E-state index contributed by atoms with van der Waals surface area (Å²) in [6.07, 6.45) is 0.493. The highest BCUT2D eigenvalue weighted by atomic mass is 32.2. The van der Waals surface area contributed by atoms with Gasteiger partial charge in [0.1, 0.15) is 0 Å². The van der Waals surface area contributed by atoms with E-state index in [2.05, 4.69) is 5.32 Å². The second-order valence-electron chi connectivity index (χ2n) is 6.60. The van der Waals surface area contributed by atoms with Gasteiger partial charge in [-0.05, 0) is 18.6 Å². The normalized spacial score (nSPS) is 23.4. The molecule has 8 heteroatoms. The van der Waals surface area contributed by atoms with Crippen LogP contribution in [0.1, 0.15) is 16.8 Å². The summed E-state index contributed by atoms with van der Waals surface area (Å²) >= 11 is 0. The van der Waals surface area contributed by atoms with Crippen LogP contribution in [-0.4, -0.2) is 80.3 Å². The van der Waals surface area contributed by atoms with Gasteiger partial charge < -0.3 is 10.2 Å². The first-order chi connectivity index (χ1) is 11.9. The summed E-state index contributed by atoms with van der Waals surface area (Å²) in [5, 5.41) is 2.80. The number of sulfone groups is 1. The zero-order chi connectivity index (χ0) is 17.9. The Bertz CT molecular complexity index is 728. The lowest BCUT2D eigenvalue weighted by molar-refractivity contribution is -0.123. The summed E-state index contributed by atoms with van der Waals surface area (Å²) in [6, 6.07) is 8.91. The maximum absolute atomic E-state index is 12.4. The molecule has 25 heavy (non-hydrogen) atoms. The van der Waals surface area contributed by atoms with E-state index in [1.807, 2.05) is 23.1 Å². The minimum Gasteiger partial charge on any atom is -0.351 e. The number of piperazine rings is 1. The number of nitrogens with zero attached hydrogens (tertiary/aromatic N) is 2. The quantitative estimate of drug-likeness (QED) is 0.795. The molecule has 1 N–H and O–H groups in total. The molecule has 2 heterocycles. The third-order valence-corrected chi connectivity index (χ3v) is 6.41. The topological polar surface area (TPSA) is 86.8 Å². The van der Waals surface area contributed by atoms with Crippen molar-refractivity contribution in [1.82, 2.24) is 15.1 Å². The van der Waals surface area contributed by atoms with Gasteiger partial charge in [-0.1, -0.05) is 18.2 Å². The Morgan fingerprint density at radius 3 is 2.36 bits per heavy atom. The molecule has 1 aromatic rings. The second kappa shape index (κ2) is 7.53. The Balaban J connectivity index is 1.43. The highest BCUT2D eigenvalue weighted by Gasteiger charge is 2.29. The van der Waals surface area contributed by atoms with E-state index in [0.717, 1.165) is 0 Å². The van der Waals surface area contributed by atoms with Gasteiger partial charge in [-0.15, -0.1) is 0 Å². The van der Waals surface area contributed by atoms with Gasteiger partial charge in [0, 0.05) is 37.8 Å². The highest BCUT2D eigenvalue weighted by Crippen LogP contribution is 2.12. The number of carbonyl (C=O) groups is 2. The smallest absolute Gasteiger partial charge is 0.253 e. The molecule has 1 unspecified atom stereocenters.